The highest BCUT2D eigenvalue weighted by molar-refractivity contribution is 5.90. The van der Waals surface area contributed by atoms with Crippen molar-refractivity contribution in [3.8, 4) is 0 Å². The highest BCUT2D eigenvalue weighted by Gasteiger charge is 2.25. The lowest BCUT2D eigenvalue weighted by atomic mass is 10.0. The Bertz CT molecular complexity index is 516. The van der Waals surface area contributed by atoms with E-state index in [1.54, 1.807) is 0 Å². The first-order valence-corrected chi connectivity index (χ1v) is 19.7. The Morgan fingerprint density at radius 1 is 0.378 bits per heavy atom. The summed E-state index contributed by atoms with van der Waals surface area (Å²) < 4.78 is 2.84. The summed E-state index contributed by atoms with van der Waals surface area (Å²) in [5.41, 5.74) is 0. The predicted octanol–water partition coefficient (Wildman–Crippen LogP) is 8.30. The summed E-state index contributed by atoms with van der Waals surface area (Å²) in [6.45, 7) is 31.9. The molecule has 45 heavy (non-hydrogen) atoms. The minimum absolute atomic E-state index is 0.0984. The lowest BCUT2D eigenvalue weighted by Crippen LogP contribution is -2.50. The SMILES string of the molecule is CCCCC(C(=O)[O-])C(=O)[O-].CCCC[N+](CCCC)(CCCC)CCCC.CCCC[N+](CCCC)(CCCC)CCCC. The van der Waals surface area contributed by atoms with Gasteiger partial charge in [-0.15, -0.1) is 0 Å². The van der Waals surface area contributed by atoms with Gasteiger partial charge in [0.2, 0.25) is 0 Å². The smallest absolute Gasteiger partial charge is 0.0786 e. The molecule has 0 heterocycles. The second kappa shape index (κ2) is 34.2. The highest BCUT2D eigenvalue weighted by Crippen LogP contribution is 2.17. The normalized spacial score (nSPS) is 11.5. The zero-order chi connectivity index (χ0) is 34.8. The third kappa shape index (κ3) is 27.7. The van der Waals surface area contributed by atoms with E-state index in [4.69, 9.17) is 0 Å². The third-order valence-corrected chi connectivity index (χ3v) is 9.30. The molecule has 0 saturated heterocycles. The summed E-state index contributed by atoms with van der Waals surface area (Å²) >= 11 is 0. The molecule has 0 spiro atoms. The average molecular weight is 643 g/mol. The first-order chi connectivity index (χ1) is 21.6. The molecule has 0 aromatic carbocycles. The van der Waals surface area contributed by atoms with Crippen molar-refractivity contribution in [3.05, 3.63) is 0 Å². The van der Waals surface area contributed by atoms with Crippen LogP contribution in [0.1, 0.15) is 184 Å². The molecule has 0 atom stereocenters. The molecule has 0 amide bonds. The summed E-state index contributed by atoms with van der Waals surface area (Å²) in [6, 6.07) is 0. The number of unbranched alkanes of at least 4 members (excludes halogenated alkanes) is 9. The zero-order valence-electron chi connectivity index (χ0n) is 32.2. The molecule has 6 heteroatoms. The number of carbonyl (C=O) groups excluding carboxylic acids is 2. The maximum atomic E-state index is 10.1. The lowest BCUT2D eigenvalue weighted by Gasteiger charge is -2.39. The number of quaternary nitrogens is 2. The van der Waals surface area contributed by atoms with E-state index in [0.29, 0.717) is 6.42 Å². The van der Waals surface area contributed by atoms with Crippen molar-refractivity contribution < 1.29 is 28.8 Å². The van der Waals surface area contributed by atoms with E-state index in [-0.39, 0.29) is 6.42 Å². The van der Waals surface area contributed by atoms with Crippen LogP contribution in [0.25, 0.3) is 0 Å². The molecule has 0 aliphatic carbocycles. The van der Waals surface area contributed by atoms with Gasteiger partial charge in [-0.1, -0.05) is 127 Å². The molecule has 0 aromatic rings. The number of carbonyl (C=O) groups is 2. The molecular formula is C39H82N2O4. The zero-order valence-corrected chi connectivity index (χ0v) is 32.2. The largest absolute Gasteiger partial charge is 0.549 e. The summed E-state index contributed by atoms with van der Waals surface area (Å²) in [5, 5.41) is 20.2. The van der Waals surface area contributed by atoms with Crippen LogP contribution >= 0.6 is 0 Å². The molecule has 0 aromatic heterocycles. The van der Waals surface area contributed by atoms with Gasteiger partial charge in [-0.25, -0.2) is 0 Å². The first-order valence-electron chi connectivity index (χ1n) is 19.7. The van der Waals surface area contributed by atoms with Crippen molar-refractivity contribution in [2.45, 2.75) is 184 Å². The van der Waals surface area contributed by atoms with Gasteiger partial charge in [-0.3, -0.25) is 0 Å². The number of carboxylic acid groups (broad SMARTS) is 2. The van der Waals surface area contributed by atoms with Crippen molar-refractivity contribution in [2.24, 2.45) is 5.92 Å². The van der Waals surface area contributed by atoms with Crippen molar-refractivity contribution in [1.29, 1.82) is 0 Å². The molecule has 0 radical (unpaired) electrons. The van der Waals surface area contributed by atoms with Crippen molar-refractivity contribution in [1.82, 2.24) is 0 Å². The number of nitrogens with zero attached hydrogens (tertiary/aromatic N) is 2. The van der Waals surface area contributed by atoms with Gasteiger partial charge in [-0.05, 0) is 57.8 Å². The van der Waals surface area contributed by atoms with Gasteiger partial charge in [-0.2, -0.15) is 0 Å². The molecule has 0 N–H and O–H groups in total. The van der Waals surface area contributed by atoms with Crippen LogP contribution in [-0.4, -0.2) is 73.3 Å². The number of aliphatic carboxylic acids is 2. The quantitative estimate of drug-likeness (QED) is 0.0607. The van der Waals surface area contributed by atoms with E-state index >= 15 is 0 Å². The van der Waals surface area contributed by atoms with Crippen LogP contribution in [0.5, 0.6) is 0 Å². The Hall–Kier alpha value is -1.14. The van der Waals surface area contributed by atoms with Crippen molar-refractivity contribution in [3.63, 3.8) is 0 Å². The Morgan fingerprint density at radius 3 is 0.689 bits per heavy atom. The minimum atomic E-state index is -1.56. The van der Waals surface area contributed by atoms with Gasteiger partial charge < -0.3 is 28.8 Å². The van der Waals surface area contributed by atoms with Gasteiger partial charge in [0.25, 0.3) is 0 Å². The molecule has 0 fully saturated rings. The topological polar surface area (TPSA) is 80.3 Å². The van der Waals surface area contributed by atoms with Gasteiger partial charge >= 0.3 is 0 Å². The first kappa shape index (κ1) is 48.3. The average Bonchev–Trinajstić information content (AvgIpc) is 3.04. The lowest BCUT2D eigenvalue weighted by molar-refractivity contribution is -0.929. The van der Waals surface area contributed by atoms with E-state index in [0.717, 1.165) is 6.42 Å². The molecule has 272 valence electrons. The molecule has 0 aliphatic rings. The highest BCUT2D eigenvalue weighted by atomic mass is 16.4. The maximum Gasteiger partial charge on any atom is 0.0786 e. The standard InChI is InChI=1S/2C16H36N.C7H12O4/c2*1-5-9-13-17(14-10-6-2,15-11-7-3)16-12-8-4;1-2-3-4-5(6(8)9)7(10)11/h2*5-16H2,1-4H3;5H,2-4H2,1H3,(H,8,9)(H,10,11)/q2*+1;/p-2. The summed E-state index contributed by atoms with van der Waals surface area (Å²) in [7, 11) is 0. The molecule has 6 nitrogen and oxygen atoms in total. The fraction of sp³-hybridized carbons (Fsp3) is 0.949. The van der Waals surface area contributed by atoms with Crippen LogP contribution in [0.4, 0.5) is 0 Å². The van der Waals surface area contributed by atoms with E-state index in [1.807, 2.05) is 6.92 Å². The van der Waals surface area contributed by atoms with Gasteiger partial charge in [0.15, 0.2) is 0 Å². The van der Waals surface area contributed by atoms with E-state index < -0.39 is 17.9 Å². The summed E-state index contributed by atoms with van der Waals surface area (Å²) in [4.78, 5) is 20.2. The minimum Gasteiger partial charge on any atom is -0.549 e. The summed E-state index contributed by atoms with van der Waals surface area (Å²) in [6.07, 6.45) is 23.5. The molecular weight excluding hydrogens is 560 g/mol. The van der Waals surface area contributed by atoms with Crippen LogP contribution in [-0.2, 0) is 9.59 Å². The van der Waals surface area contributed by atoms with Crippen LogP contribution in [0.15, 0.2) is 0 Å². The van der Waals surface area contributed by atoms with Crippen LogP contribution in [0, 0.1) is 5.92 Å². The maximum absolute atomic E-state index is 10.1. The molecule has 0 unspecified atom stereocenters. The van der Waals surface area contributed by atoms with E-state index in [2.05, 4.69) is 55.4 Å². The Balaban J connectivity index is -0.000000604. The number of rotatable bonds is 29. The molecule has 0 bridgehead atoms. The number of carboxylic acids is 2. The van der Waals surface area contributed by atoms with Crippen molar-refractivity contribution in [2.75, 3.05) is 52.4 Å². The predicted molar refractivity (Wildman–Crippen MR) is 192 cm³/mol. The van der Waals surface area contributed by atoms with Gasteiger partial charge in [0.05, 0.1) is 64.3 Å². The molecule has 0 saturated carbocycles. The van der Waals surface area contributed by atoms with E-state index in [9.17, 15) is 19.8 Å². The van der Waals surface area contributed by atoms with Gasteiger partial charge in [0, 0.05) is 5.92 Å². The monoisotopic (exact) mass is 643 g/mol. The Labute approximate surface area is 282 Å². The second-order valence-corrected chi connectivity index (χ2v) is 13.6. The molecule has 0 rings (SSSR count). The number of hydrogen-bond donors (Lipinski definition) is 0. The Kier molecular flexibility index (Phi) is 36.7. The van der Waals surface area contributed by atoms with Crippen LogP contribution in [0.2, 0.25) is 0 Å². The third-order valence-electron chi connectivity index (χ3n) is 9.30. The fourth-order valence-electron chi connectivity index (χ4n) is 6.03. The van der Waals surface area contributed by atoms with Gasteiger partial charge in [0.1, 0.15) is 0 Å². The number of hydrogen-bond acceptors (Lipinski definition) is 4. The van der Waals surface area contributed by atoms with Crippen LogP contribution in [0.3, 0.4) is 0 Å². The summed E-state index contributed by atoms with van der Waals surface area (Å²) in [5.74, 6) is -4.56. The molecule has 0 aliphatic heterocycles. The Morgan fingerprint density at radius 2 is 0.556 bits per heavy atom. The second-order valence-electron chi connectivity index (χ2n) is 13.6. The van der Waals surface area contributed by atoms with E-state index in [1.165, 1.54) is 164 Å². The van der Waals surface area contributed by atoms with Crippen molar-refractivity contribution >= 4 is 11.9 Å². The fourth-order valence-corrected chi connectivity index (χ4v) is 6.03. The van der Waals surface area contributed by atoms with Crippen LogP contribution < -0.4 is 10.2 Å².